The number of aliphatic hydroxyl groups excluding tert-OH is 1. The van der Waals surface area contributed by atoms with Crippen molar-refractivity contribution in [3.8, 4) is 0 Å². The van der Waals surface area contributed by atoms with E-state index in [9.17, 15) is 9.59 Å². The molecule has 2 atom stereocenters. The Labute approximate surface area is 116 Å². The number of benzene rings is 1. The number of thioether (sulfide) groups is 1. The van der Waals surface area contributed by atoms with Gasteiger partial charge in [0.15, 0.2) is 0 Å². The molecule has 19 heavy (non-hydrogen) atoms. The molecule has 0 saturated heterocycles. The molecule has 0 aromatic heterocycles. The van der Waals surface area contributed by atoms with Crippen LogP contribution in [0.15, 0.2) is 24.3 Å². The molecule has 0 heterocycles. The summed E-state index contributed by atoms with van der Waals surface area (Å²) in [5.41, 5.74) is 0.0940. The third-order valence-corrected chi connectivity index (χ3v) is 3.96. The Morgan fingerprint density at radius 1 is 1.32 bits per heavy atom. The third-order valence-electron chi connectivity index (χ3n) is 2.80. The molecule has 6 heteroatoms. The van der Waals surface area contributed by atoms with Crippen LogP contribution in [-0.2, 0) is 0 Å². The van der Waals surface area contributed by atoms with E-state index in [2.05, 4.69) is 5.32 Å². The molecule has 0 aliphatic rings. The summed E-state index contributed by atoms with van der Waals surface area (Å²) >= 11 is 1.44. The van der Waals surface area contributed by atoms with Gasteiger partial charge in [0.1, 0.15) is 0 Å². The van der Waals surface area contributed by atoms with Gasteiger partial charge in [-0.1, -0.05) is 12.1 Å². The highest BCUT2D eigenvalue weighted by Crippen LogP contribution is 2.13. The molecule has 0 fully saturated rings. The maximum absolute atomic E-state index is 12.1. The van der Waals surface area contributed by atoms with Gasteiger partial charge >= 0.3 is 5.97 Å². The first-order valence-corrected chi connectivity index (χ1v) is 7.06. The first-order valence-electron chi connectivity index (χ1n) is 5.78. The van der Waals surface area contributed by atoms with Crippen molar-refractivity contribution in [3.05, 3.63) is 35.4 Å². The molecule has 0 saturated carbocycles. The molecule has 104 valence electrons. The standard InChI is InChI=1S/C13H17NO4S/c1-8(11(7-15)19-2)14-12(16)9-5-3-4-6-10(9)13(17)18/h3-6,8,11,15H,7H2,1-2H3,(H,14,16)(H,17,18). The number of carbonyl (C=O) groups is 2. The van der Waals surface area contributed by atoms with Crippen LogP contribution in [0.4, 0.5) is 0 Å². The monoisotopic (exact) mass is 283 g/mol. The molecule has 5 nitrogen and oxygen atoms in total. The van der Waals surface area contributed by atoms with E-state index in [1.54, 1.807) is 19.1 Å². The highest BCUT2D eigenvalue weighted by atomic mass is 32.2. The van der Waals surface area contributed by atoms with E-state index in [1.807, 2.05) is 6.26 Å². The molecule has 0 aliphatic heterocycles. The number of hydrogen-bond donors (Lipinski definition) is 3. The summed E-state index contributed by atoms with van der Waals surface area (Å²) in [5.74, 6) is -1.58. The Hall–Kier alpha value is -1.53. The highest BCUT2D eigenvalue weighted by molar-refractivity contribution is 7.99. The molecular formula is C13H17NO4S. The molecule has 0 radical (unpaired) electrons. The van der Waals surface area contributed by atoms with Crippen molar-refractivity contribution in [1.29, 1.82) is 0 Å². The maximum atomic E-state index is 12.1. The van der Waals surface area contributed by atoms with Crippen LogP contribution in [0.25, 0.3) is 0 Å². The fourth-order valence-corrected chi connectivity index (χ4v) is 2.31. The molecule has 1 aromatic carbocycles. The lowest BCUT2D eigenvalue weighted by Crippen LogP contribution is -2.41. The summed E-state index contributed by atoms with van der Waals surface area (Å²) in [5, 5.41) is 20.8. The number of aromatic carboxylic acids is 1. The minimum Gasteiger partial charge on any atom is -0.478 e. The van der Waals surface area contributed by atoms with Crippen LogP contribution in [0.2, 0.25) is 0 Å². The first-order chi connectivity index (χ1) is 9.01. The normalized spacial score (nSPS) is 13.6. The fourth-order valence-electron chi connectivity index (χ4n) is 1.68. The van der Waals surface area contributed by atoms with E-state index in [1.165, 1.54) is 23.9 Å². The van der Waals surface area contributed by atoms with E-state index >= 15 is 0 Å². The number of carboxylic acids is 1. The van der Waals surface area contributed by atoms with E-state index in [-0.39, 0.29) is 29.0 Å². The average Bonchev–Trinajstić information content (AvgIpc) is 2.40. The number of hydrogen-bond acceptors (Lipinski definition) is 4. The van der Waals surface area contributed by atoms with Crippen molar-refractivity contribution in [2.24, 2.45) is 0 Å². The molecular weight excluding hydrogens is 266 g/mol. The summed E-state index contributed by atoms with van der Waals surface area (Å²) in [6.45, 7) is 1.72. The van der Waals surface area contributed by atoms with Crippen molar-refractivity contribution >= 4 is 23.6 Å². The van der Waals surface area contributed by atoms with E-state index in [0.29, 0.717) is 0 Å². The predicted octanol–water partition coefficient (Wildman–Crippen LogP) is 1.23. The number of carboxylic acid groups (broad SMARTS) is 1. The molecule has 1 rings (SSSR count). The smallest absolute Gasteiger partial charge is 0.336 e. The van der Waals surface area contributed by atoms with Gasteiger partial charge < -0.3 is 15.5 Å². The van der Waals surface area contributed by atoms with Crippen molar-refractivity contribution in [2.45, 2.75) is 18.2 Å². The quantitative estimate of drug-likeness (QED) is 0.731. The van der Waals surface area contributed by atoms with Crippen molar-refractivity contribution in [2.75, 3.05) is 12.9 Å². The van der Waals surface area contributed by atoms with Gasteiger partial charge in [-0.25, -0.2) is 4.79 Å². The zero-order valence-corrected chi connectivity index (χ0v) is 11.6. The number of nitrogens with one attached hydrogen (secondary N) is 1. The summed E-state index contributed by atoms with van der Waals surface area (Å²) in [6, 6.07) is 5.79. The van der Waals surface area contributed by atoms with Crippen LogP contribution >= 0.6 is 11.8 Å². The molecule has 0 spiro atoms. The van der Waals surface area contributed by atoms with Gasteiger partial charge in [0.05, 0.1) is 17.7 Å². The van der Waals surface area contributed by atoms with E-state index < -0.39 is 11.9 Å². The Morgan fingerprint density at radius 2 is 1.89 bits per heavy atom. The second kappa shape index (κ2) is 7.16. The topological polar surface area (TPSA) is 86.6 Å². The summed E-state index contributed by atoms with van der Waals surface area (Å²) in [4.78, 5) is 23.1. The maximum Gasteiger partial charge on any atom is 0.336 e. The molecule has 2 unspecified atom stereocenters. The lowest BCUT2D eigenvalue weighted by atomic mass is 10.1. The van der Waals surface area contributed by atoms with Gasteiger partial charge in [0, 0.05) is 11.3 Å². The SMILES string of the molecule is CSC(CO)C(C)NC(=O)c1ccccc1C(=O)O. The van der Waals surface area contributed by atoms with Gasteiger partial charge in [-0.2, -0.15) is 11.8 Å². The minimum atomic E-state index is -1.14. The molecule has 3 N–H and O–H groups in total. The Kier molecular flexibility index (Phi) is 5.85. The lowest BCUT2D eigenvalue weighted by molar-refractivity contribution is 0.0690. The molecule has 0 bridgehead atoms. The van der Waals surface area contributed by atoms with Gasteiger partial charge in [0.25, 0.3) is 5.91 Å². The zero-order chi connectivity index (χ0) is 14.4. The van der Waals surface area contributed by atoms with E-state index in [4.69, 9.17) is 10.2 Å². The van der Waals surface area contributed by atoms with Gasteiger partial charge in [-0.05, 0) is 25.3 Å². The summed E-state index contributed by atoms with van der Waals surface area (Å²) in [7, 11) is 0. The van der Waals surface area contributed by atoms with Gasteiger partial charge in [-0.15, -0.1) is 0 Å². The number of aliphatic hydroxyl groups is 1. The van der Waals surface area contributed by atoms with Crippen molar-refractivity contribution < 1.29 is 19.8 Å². The first kappa shape index (κ1) is 15.5. The van der Waals surface area contributed by atoms with Crippen LogP contribution in [0.5, 0.6) is 0 Å². The largest absolute Gasteiger partial charge is 0.478 e. The molecule has 0 aliphatic carbocycles. The third kappa shape index (κ3) is 3.97. The van der Waals surface area contributed by atoms with Crippen LogP contribution in [0.1, 0.15) is 27.6 Å². The second-order valence-corrected chi connectivity index (χ2v) is 5.15. The Bertz CT molecular complexity index is 460. The molecule has 1 aromatic rings. The minimum absolute atomic E-state index is 0.0306. The van der Waals surface area contributed by atoms with Crippen LogP contribution in [0, 0.1) is 0 Å². The number of carbonyl (C=O) groups excluding carboxylic acids is 1. The Balaban J connectivity index is 2.87. The zero-order valence-electron chi connectivity index (χ0n) is 10.8. The second-order valence-electron chi connectivity index (χ2n) is 4.07. The highest BCUT2D eigenvalue weighted by Gasteiger charge is 2.21. The van der Waals surface area contributed by atoms with Gasteiger partial charge in [0.2, 0.25) is 0 Å². The number of rotatable bonds is 6. The van der Waals surface area contributed by atoms with Crippen LogP contribution < -0.4 is 5.32 Å². The molecule has 1 amide bonds. The van der Waals surface area contributed by atoms with E-state index in [0.717, 1.165) is 0 Å². The fraction of sp³-hybridized carbons (Fsp3) is 0.385. The van der Waals surface area contributed by atoms with Crippen molar-refractivity contribution in [1.82, 2.24) is 5.32 Å². The predicted molar refractivity (Wildman–Crippen MR) is 74.7 cm³/mol. The van der Waals surface area contributed by atoms with Crippen LogP contribution in [0.3, 0.4) is 0 Å². The van der Waals surface area contributed by atoms with Crippen LogP contribution in [-0.4, -0.2) is 46.2 Å². The Morgan fingerprint density at radius 3 is 2.37 bits per heavy atom. The summed E-state index contributed by atoms with van der Waals surface area (Å²) in [6.07, 6.45) is 1.84. The van der Waals surface area contributed by atoms with Crippen molar-refractivity contribution in [3.63, 3.8) is 0 Å². The average molecular weight is 283 g/mol. The lowest BCUT2D eigenvalue weighted by Gasteiger charge is -2.21. The summed E-state index contributed by atoms with van der Waals surface area (Å²) < 4.78 is 0. The number of amides is 1. The van der Waals surface area contributed by atoms with Gasteiger partial charge in [-0.3, -0.25) is 4.79 Å².